The van der Waals surface area contributed by atoms with Crippen molar-refractivity contribution in [3.63, 3.8) is 0 Å². The molecule has 0 unspecified atom stereocenters. The minimum atomic E-state index is -1.56. The lowest BCUT2D eigenvalue weighted by atomic mass is 9.98. The van der Waals surface area contributed by atoms with Gasteiger partial charge in [-0.3, -0.25) is 9.79 Å². The summed E-state index contributed by atoms with van der Waals surface area (Å²) in [5, 5.41) is 48.6. The summed E-state index contributed by atoms with van der Waals surface area (Å²) in [5.74, 6) is -0.652. The smallest absolute Gasteiger partial charge is 0.199 e. The van der Waals surface area contributed by atoms with Gasteiger partial charge in [-0.25, -0.2) is 0 Å². The summed E-state index contributed by atoms with van der Waals surface area (Å²) in [6.07, 6.45) is -5.91. The van der Waals surface area contributed by atoms with Gasteiger partial charge in [0.1, 0.15) is 30.2 Å². The van der Waals surface area contributed by atoms with E-state index in [-0.39, 0.29) is 11.3 Å². The summed E-state index contributed by atoms with van der Waals surface area (Å²) in [6, 6.07) is 6.52. The minimum absolute atomic E-state index is 0.0619. The summed E-state index contributed by atoms with van der Waals surface area (Å²) in [7, 11) is 0. The van der Waals surface area contributed by atoms with E-state index in [1.165, 1.54) is 0 Å². The molecule has 0 spiro atoms. The number of ketones is 1. The number of benzene rings is 1. The van der Waals surface area contributed by atoms with E-state index in [1.54, 1.807) is 24.3 Å². The van der Waals surface area contributed by atoms with E-state index in [9.17, 15) is 25.2 Å². The van der Waals surface area contributed by atoms with Gasteiger partial charge >= 0.3 is 0 Å². The Morgan fingerprint density at radius 2 is 1.75 bits per heavy atom. The number of ether oxygens (including phenoxy) is 1. The fraction of sp³-hybridized carbons (Fsp3) is 0.375. The standard InChI is InChI=1S/C16H17NO7/c18-6-10-13(21)14(22)15(23)16(24-10)17-5-9-11(19)7-3-1-2-4-8(7)12(9)20/h1-5,10,13-16,18-19,21-23H,6H2/b17-5+/t10-,13+,14+,15-,16-/m1/s1. The predicted molar refractivity (Wildman–Crippen MR) is 82.6 cm³/mol. The highest BCUT2D eigenvalue weighted by Gasteiger charge is 2.43. The van der Waals surface area contributed by atoms with Crippen LogP contribution in [0.5, 0.6) is 0 Å². The Hall–Kier alpha value is -2.10. The summed E-state index contributed by atoms with van der Waals surface area (Å²) < 4.78 is 5.21. The zero-order chi connectivity index (χ0) is 17.4. The highest BCUT2D eigenvalue weighted by molar-refractivity contribution is 6.30. The van der Waals surface area contributed by atoms with E-state index in [4.69, 9.17) is 9.84 Å². The van der Waals surface area contributed by atoms with E-state index in [2.05, 4.69) is 4.99 Å². The number of aliphatic imine (C=N–C) groups is 1. The van der Waals surface area contributed by atoms with E-state index in [0.717, 1.165) is 6.21 Å². The number of nitrogens with zero attached hydrogens (tertiary/aromatic N) is 1. The first-order chi connectivity index (χ1) is 11.5. The molecule has 1 heterocycles. The van der Waals surface area contributed by atoms with Crippen molar-refractivity contribution >= 4 is 17.8 Å². The average Bonchev–Trinajstić information content (AvgIpc) is 2.84. The Bertz CT molecular complexity index is 712. The number of hydrogen-bond donors (Lipinski definition) is 5. The van der Waals surface area contributed by atoms with Gasteiger partial charge < -0.3 is 30.3 Å². The molecule has 2 aliphatic rings. The van der Waals surface area contributed by atoms with Crippen LogP contribution in [0.1, 0.15) is 15.9 Å². The van der Waals surface area contributed by atoms with Crippen LogP contribution in [0, 0.1) is 0 Å². The zero-order valence-corrected chi connectivity index (χ0v) is 12.5. The molecule has 8 heteroatoms. The third kappa shape index (κ3) is 2.64. The molecule has 3 rings (SSSR count). The largest absolute Gasteiger partial charge is 0.506 e. The van der Waals surface area contributed by atoms with Gasteiger partial charge in [0.2, 0.25) is 0 Å². The summed E-state index contributed by atoms with van der Waals surface area (Å²) >= 11 is 0. The molecule has 1 aromatic rings. The Labute approximate surface area is 137 Å². The highest BCUT2D eigenvalue weighted by atomic mass is 16.6. The van der Waals surface area contributed by atoms with Gasteiger partial charge in [-0.05, 0) is 0 Å². The zero-order valence-electron chi connectivity index (χ0n) is 12.5. The minimum Gasteiger partial charge on any atom is -0.506 e. The molecule has 5 atom stereocenters. The SMILES string of the molecule is O=C1C(/C=N/[C@@H]2O[C@H](CO)[C@H](O)[C@H](O)[C@H]2O)=C(O)c2ccccc21. The van der Waals surface area contributed by atoms with Crippen LogP contribution >= 0.6 is 0 Å². The van der Waals surface area contributed by atoms with Crippen LogP contribution in [-0.4, -0.2) is 74.8 Å². The van der Waals surface area contributed by atoms with Crippen LogP contribution in [0.2, 0.25) is 0 Å². The number of fused-ring (bicyclic) bond motifs is 1. The second kappa shape index (κ2) is 6.42. The third-order valence-electron chi connectivity index (χ3n) is 4.14. The maximum atomic E-state index is 12.3. The van der Waals surface area contributed by atoms with Crippen molar-refractivity contribution in [1.29, 1.82) is 0 Å². The van der Waals surface area contributed by atoms with Gasteiger partial charge in [-0.15, -0.1) is 0 Å². The normalized spacial score (nSPS) is 33.3. The number of carbonyl (C=O) groups excluding carboxylic acids is 1. The first kappa shape index (κ1) is 16.7. The van der Waals surface area contributed by atoms with Crippen LogP contribution in [0.3, 0.4) is 0 Å². The van der Waals surface area contributed by atoms with Gasteiger partial charge in [0.05, 0.1) is 12.2 Å². The second-order valence-electron chi connectivity index (χ2n) is 5.63. The van der Waals surface area contributed by atoms with Crippen LogP contribution < -0.4 is 0 Å². The van der Waals surface area contributed by atoms with E-state index in [0.29, 0.717) is 11.1 Å². The number of carbonyl (C=O) groups is 1. The van der Waals surface area contributed by atoms with Gasteiger partial charge in [0.15, 0.2) is 12.0 Å². The van der Waals surface area contributed by atoms with Crippen molar-refractivity contribution < 1.29 is 35.1 Å². The number of aliphatic hydroxyl groups is 5. The molecule has 8 nitrogen and oxygen atoms in total. The monoisotopic (exact) mass is 335 g/mol. The lowest BCUT2D eigenvalue weighted by Gasteiger charge is -2.38. The maximum absolute atomic E-state index is 12.3. The van der Waals surface area contributed by atoms with Gasteiger partial charge in [0, 0.05) is 17.3 Å². The fourth-order valence-corrected chi connectivity index (χ4v) is 2.76. The summed E-state index contributed by atoms with van der Waals surface area (Å²) in [6.45, 7) is -0.574. The first-order valence-corrected chi connectivity index (χ1v) is 7.36. The summed E-state index contributed by atoms with van der Waals surface area (Å²) in [4.78, 5) is 16.2. The van der Waals surface area contributed by atoms with Crippen LogP contribution in [0.4, 0.5) is 0 Å². The van der Waals surface area contributed by atoms with Crippen LogP contribution in [-0.2, 0) is 4.74 Å². The van der Waals surface area contributed by atoms with Crippen molar-refractivity contribution in [2.45, 2.75) is 30.6 Å². The molecule has 1 saturated heterocycles. The van der Waals surface area contributed by atoms with Crippen molar-refractivity contribution in [2.24, 2.45) is 4.99 Å². The number of hydrogen-bond acceptors (Lipinski definition) is 8. The van der Waals surface area contributed by atoms with Gasteiger partial charge in [-0.1, -0.05) is 24.3 Å². The van der Waals surface area contributed by atoms with Gasteiger partial charge in [-0.2, -0.15) is 0 Å². The second-order valence-corrected chi connectivity index (χ2v) is 5.63. The Morgan fingerprint density at radius 3 is 2.38 bits per heavy atom. The number of Topliss-reactive ketones (excluding diaryl/α,β-unsaturated/α-hetero) is 1. The molecule has 0 radical (unpaired) electrons. The average molecular weight is 335 g/mol. The predicted octanol–water partition coefficient (Wildman–Crippen LogP) is -0.977. The van der Waals surface area contributed by atoms with E-state index < -0.39 is 43.0 Å². The molecule has 1 aliphatic carbocycles. The Balaban J connectivity index is 1.84. The number of aliphatic hydroxyl groups excluding tert-OH is 5. The third-order valence-corrected chi connectivity index (χ3v) is 4.14. The molecule has 1 aromatic carbocycles. The molecule has 0 saturated carbocycles. The molecule has 24 heavy (non-hydrogen) atoms. The van der Waals surface area contributed by atoms with Crippen LogP contribution in [0.25, 0.3) is 5.76 Å². The Morgan fingerprint density at radius 1 is 1.08 bits per heavy atom. The highest BCUT2D eigenvalue weighted by Crippen LogP contribution is 2.30. The first-order valence-electron chi connectivity index (χ1n) is 7.36. The van der Waals surface area contributed by atoms with Crippen molar-refractivity contribution in [1.82, 2.24) is 0 Å². The number of rotatable bonds is 3. The molecule has 0 aromatic heterocycles. The van der Waals surface area contributed by atoms with Crippen molar-refractivity contribution in [2.75, 3.05) is 6.61 Å². The van der Waals surface area contributed by atoms with Gasteiger partial charge in [0.25, 0.3) is 0 Å². The molecular weight excluding hydrogens is 318 g/mol. The number of allylic oxidation sites excluding steroid dienone is 1. The molecule has 1 fully saturated rings. The molecule has 128 valence electrons. The molecule has 0 amide bonds. The molecular formula is C16H17NO7. The molecule has 1 aliphatic heterocycles. The quantitative estimate of drug-likeness (QED) is 0.447. The molecule has 0 bridgehead atoms. The van der Waals surface area contributed by atoms with Crippen LogP contribution in [0.15, 0.2) is 34.8 Å². The van der Waals surface area contributed by atoms with E-state index in [1.807, 2.05) is 0 Å². The fourth-order valence-electron chi connectivity index (χ4n) is 2.76. The lowest BCUT2D eigenvalue weighted by Crippen LogP contribution is -2.57. The lowest BCUT2D eigenvalue weighted by molar-refractivity contribution is -0.226. The van der Waals surface area contributed by atoms with Crippen molar-refractivity contribution in [3.8, 4) is 0 Å². The topological polar surface area (TPSA) is 140 Å². The van der Waals surface area contributed by atoms with E-state index >= 15 is 0 Å². The van der Waals surface area contributed by atoms with Crippen molar-refractivity contribution in [3.05, 3.63) is 41.0 Å². The maximum Gasteiger partial charge on any atom is 0.199 e. The molecule has 5 N–H and O–H groups in total. The summed E-state index contributed by atoms with van der Waals surface area (Å²) in [5.41, 5.74) is 0.663. The Kier molecular flexibility index (Phi) is 4.48.